The Kier molecular flexibility index (Phi) is 7.20. The van der Waals surface area contributed by atoms with Gasteiger partial charge < -0.3 is 14.4 Å². The monoisotopic (exact) mass is 257 g/mol. The normalized spacial score (nSPS) is 28.2. The predicted molar refractivity (Wildman–Crippen MR) is 75.8 cm³/mol. The van der Waals surface area contributed by atoms with E-state index < -0.39 is 0 Å². The second-order valence-corrected chi connectivity index (χ2v) is 5.76. The van der Waals surface area contributed by atoms with Gasteiger partial charge in [0.15, 0.2) is 5.79 Å². The van der Waals surface area contributed by atoms with Crippen LogP contribution in [0.15, 0.2) is 0 Å². The lowest BCUT2D eigenvalue weighted by atomic mass is 10.0. The molecule has 0 aromatic heterocycles. The van der Waals surface area contributed by atoms with Crippen LogP contribution in [0, 0.1) is 0 Å². The van der Waals surface area contributed by atoms with Crippen molar-refractivity contribution in [1.29, 1.82) is 0 Å². The predicted octanol–water partition coefficient (Wildman–Crippen LogP) is 3.43. The Morgan fingerprint density at radius 1 is 1.11 bits per heavy atom. The van der Waals surface area contributed by atoms with Gasteiger partial charge in [0.2, 0.25) is 0 Å². The summed E-state index contributed by atoms with van der Waals surface area (Å²) in [5.41, 5.74) is 0. The van der Waals surface area contributed by atoms with Gasteiger partial charge in [-0.2, -0.15) is 0 Å². The van der Waals surface area contributed by atoms with E-state index in [4.69, 9.17) is 9.47 Å². The van der Waals surface area contributed by atoms with Crippen LogP contribution in [0.1, 0.15) is 58.8 Å². The molecule has 2 atom stereocenters. The van der Waals surface area contributed by atoms with Crippen molar-refractivity contribution in [2.45, 2.75) is 70.7 Å². The quantitative estimate of drug-likeness (QED) is 0.631. The smallest absolute Gasteiger partial charge is 0.168 e. The van der Waals surface area contributed by atoms with Gasteiger partial charge in [-0.1, -0.05) is 26.7 Å². The Hall–Kier alpha value is -0.120. The highest BCUT2D eigenvalue weighted by Crippen LogP contribution is 2.34. The summed E-state index contributed by atoms with van der Waals surface area (Å²) in [4.78, 5) is 2.23. The Balaban J connectivity index is 2.34. The van der Waals surface area contributed by atoms with Gasteiger partial charge in [0.25, 0.3) is 0 Å². The molecule has 0 aliphatic carbocycles. The Morgan fingerprint density at radius 3 is 2.50 bits per heavy atom. The summed E-state index contributed by atoms with van der Waals surface area (Å²) in [6.45, 7) is 6.36. The molecule has 1 saturated heterocycles. The van der Waals surface area contributed by atoms with Crippen molar-refractivity contribution in [3.05, 3.63) is 0 Å². The second-order valence-electron chi connectivity index (χ2n) is 5.76. The van der Waals surface area contributed by atoms with Gasteiger partial charge >= 0.3 is 0 Å². The van der Waals surface area contributed by atoms with Gasteiger partial charge in [-0.05, 0) is 39.9 Å². The molecule has 0 N–H and O–H groups in total. The molecule has 0 amide bonds. The molecular weight excluding hydrogens is 226 g/mol. The van der Waals surface area contributed by atoms with E-state index in [0.717, 1.165) is 38.8 Å². The van der Waals surface area contributed by atoms with Gasteiger partial charge in [-0.25, -0.2) is 0 Å². The molecule has 1 heterocycles. The third-order valence-electron chi connectivity index (χ3n) is 3.59. The van der Waals surface area contributed by atoms with Crippen molar-refractivity contribution in [1.82, 2.24) is 4.90 Å². The zero-order valence-corrected chi connectivity index (χ0v) is 12.7. The number of hydrogen-bond donors (Lipinski definition) is 0. The molecule has 1 aliphatic rings. The molecule has 1 rings (SSSR count). The lowest BCUT2D eigenvalue weighted by Crippen LogP contribution is -2.31. The van der Waals surface area contributed by atoms with E-state index in [1.807, 2.05) is 0 Å². The van der Waals surface area contributed by atoms with Crippen LogP contribution in [0.3, 0.4) is 0 Å². The second kappa shape index (κ2) is 8.13. The summed E-state index contributed by atoms with van der Waals surface area (Å²) in [5.74, 6) is -0.256. The number of ether oxygens (including phenoxy) is 2. The van der Waals surface area contributed by atoms with E-state index in [0.29, 0.717) is 6.10 Å². The minimum atomic E-state index is -0.256. The highest BCUT2D eigenvalue weighted by atomic mass is 16.7. The van der Waals surface area contributed by atoms with Crippen molar-refractivity contribution in [3.63, 3.8) is 0 Å². The summed E-state index contributed by atoms with van der Waals surface area (Å²) >= 11 is 0. The van der Waals surface area contributed by atoms with Crippen LogP contribution in [-0.2, 0) is 9.47 Å². The van der Waals surface area contributed by atoms with Gasteiger partial charge in [0.05, 0.1) is 12.7 Å². The molecule has 1 fully saturated rings. The topological polar surface area (TPSA) is 21.7 Å². The minimum Gasteiger partial charge on any atom is -0.347 e. The average molecular weight is 257 g/mol. The number of rotatable bonds is 9. The molecule has 0 bridgehead atoms. The maximum Gasteiger partial charge on any atom is 0.168 e. The van der Waals surface area contributed by atoms with Crippen molar-refractivity contribution in [2.75, 3.05) is 27.2 Å². The number of unbranched alkanes of at least 4 members (excludes halogenated alkanes) is 1. The van der Waals surface area contributed by atoms with Crippen molar-refractivity contribution in [2.24, 2.45) is 0 Å². The zero-order valence-electron chi connectivity index (χ0n) is 12.7. The van der Waals surface area contributed by atoms with Gasteiger partial charge in [-0.15, -0.1) is 0 Å². The van der Waals surface area contributed by atoms with Crippen LogP contribution in [0.2, 0.25) is 0 Å². The van der Waals surface area contributed by atoms with Crippen molar-refractivity contribution < 1.29 is 9.47 Å². The molecule has 3 nitrogen and oxygen atoms in total. The molecule has 0 aromatic rings. The summed E-state index contributed by atoms with van der Waals surface area (Å²) < 4.78 is 12.3. The summed E-state index contributed by atoms with van der Waals surface area (Å²) in [7, 11) is 4.24. The minimum absolute atomic E-state index is 0.256. The first-order valence-corrected chi connectivity index (χ1v) is 7.58. The summed E-state index contributed by atoms with van der Waals surface area (Å²) in [6.07, 6.45) is 8.27. The van der Waals surface area contributed by atoms with E-state index in [1.165, 1.54) is 19.3 Å². The van der Waals surface area contributed by atoms with Crippen LogP contribution in [0.5, 0.6) is 0 Å². The summed E-state index contributed by atoms with van der Waals surface area (Å²) in [5, 5.41) is 0. The fraction of sp³-hybridized carbons (Fsp3) is 1.00. The first kappa shape index (κ1) is 15.9. The molecule has 3 heteroatoms. The van der Waals surface area contributed by atoms with Gasteiger partial charge in [-0.3, -0.25) is 0 Å². The van der Waals surface area contributed by atoms with E-state index in [-0.39, 0.29) is 5.79 Å². The Labute approximate surface area is 113 Å². The van der Waals surface area contributed by atoms with Crippen molar-refractivity contribution in [3.8, 4) is 0 Å². The van der Waals surface area contributed by atoms with Crippen LogP contribution in [-0.4, -0.2) is 44.0 Å². The van der Waals surface area contributed by atoms with Crippen LogP contribution in [0.25, 0.3) is 0 Å². The number of hydrogen-bond acceptors (Lipinski definition) is 3. The highest BCUT2D eigenvalue weighted by molar-refractivity contribution is 4.79. The van der Waals surface area contributed by atoms with Crippen LogP contribution in [0.4, 0.5) is 0 Å². The third kappa shape index (κ3) is 5.25. The lowest BCUT2D eigenvalue weighted by Gasteiger charge is -2.28. The largest absolute Gasteiger partial charge is 0.347 e. The fourth-order valence-corrected chi connectivity index (χ4v) is 2.61. The first-order valence-electron chi connectivity index (χ1n) is 7.58. The maximum absolute atomic E-state index is 6.23. The Morgan fingerprint density at radius 2 is 1.89 bits per heavy atom. The molecule has 108 valence electrons. The maximum atomic E-state index is 6.23. The number of nitrogens with zero attached hydrogens (tertiary/aromatic N) is 1. The van der Waals surface area contributed by atoms with Crippen LogP contribution < -0.4 is 0 Å². The fourth-order valence-electron chi connectivity index (χ4n) is 2.61. The van der Waals surface area contributed by atoms with E-state index >= 15 is 0 Å². The standard InChI is InChI=1S/C15H31NO2/c1-5-7-11-15(10-6-2)17-13-14(18-15)9-8-12-16(3)4/h14H,5-13H2,1-4H3. The summed E-state index contributed by atoms with van der Waals surface area (Å²) in [6, 6.07) is 0. The third-order valence-corrected chi connectivity index (χ3v) is 3.59. The Bertz CT molecular complexity index is 221. The van der Waals surface area contributed by atoms with E-state index in [9.17, 15) is 0 Å². The molecule has 18 heavy (non-hydrogen) atoms. The molecule has 1 aliphatic heterocycles. The molecular formula is C15H31NO2. The molecule has 0 saturated carbocycles. The van der Waals surface area contributed by atoms with Crippen LogP contribution >= 0.6 is 0 Å². The van der Waals surface area contributed by atoms with Crippen molar-refractivity contribution >= 4 is 0 Å². The highest BCUT2D eigenvalue weighted by Gasteiger charge is 2.39. The van der Waals surface area contributed by atoms with E-state index in [1.54, 1.807) is 0 Å². The molecule has 0 aromatic carbocycles. The van der Waals surface area contributed by atoms with Gasteiger partial charge in [0, 0.05) is 12.8 Å². The van der Waals surface area contributed by atoms with Gasteiger partial charge in [0.1, 0.15) is 0 Å². The van der Waals surface area contributed by atoms with E-state index in [2.05, 4.69) is 32.8 Å². The SMILES string of the molecule is CCCCC1(CCC)OCC(CCCN(C)C)O1. The molecule has 0 radical (unpaired) electrons. The molecule has 2 unspecified atom stereocenters. The first-order chi connectivity index (χ1) is 8.62. The average Bonchev–Trinajstić information content (AvgIpc) is 2.71. The molecule has 0 spiro atoms. The lowest BCUT2D eigenvalue weighted by molar-refractivity contribution is -0.179. The zero-order chi connectivity index (χ0) is 13.4.